The van der Waals surface area contributed by atoms with Crippen LogP contribution in [0.1, 0.15) is 26.3 Å². The lowest BCUT2D eigenvalue weighted by atomic mass is 10.2. The first kappa shape index (κ1) is 21.1. The highest BCUT2D eigenvalue weighted by molar-refractivity contribution is 5.89. The zero-order valence-corrected chi connectivity index (χ0v) is 17.0. The summed E-state index contributed by atoms with van der Waals surface area (Å²) < 4.78 is 10.8. The molecule has 0 saturated carbocycles. The van der Waals surface area contributed by atoms with Gasteiger partial charge in [0, 0.05) is 5.69 Å². The average Bonchev–Trinajstić information content (AvgIpc) is 2.79. The molecule has 0 aliphatic rings. The molecule has 0 aliphatic carbocycles. The van der Waals surface area contributed by atoms with Crippen LogP contribution in [0.3, 0.4) is 0 Å². The largest absolute Gasteiger partial charge is 0.460 e. The number of nitrogens with zero attached hydrogens (tertiary/aromatic N) is 1. The van der Waals surface area contributed by atoms with Gasteiger partial charge in [-0.15, -0.1) is 0 Å². The summed E-state index contributed by atoms with van der Waals surface area (Å²) in [5.41, 5.74) is 3.16. The SMILES string of the molecule is Cc1cccc(N(CCOC(=O)c2ccccc2)CCOC(=O)c2ccccc2)c1. The number of rotatable bonds is 9. The molecule has 0 aliphatic heterocycles. The topological polar surface area (TPSA) is 55.8 Å². The average molecular weight is 403 g/mol. The van der Waals surface area contributed by atoms with E-state index in [2.05, 4.69) is 6.07 Å². The molecule has 0 spiro atoms. The third kappa shape index (κ3) is 6.21. The van der Waals surface area contributed by atoms with Gasteiger partial charge in [0.25, 0.3) is 0 Å². The van der Waals surface area contributed by atoms with Crippen molar-refractivity contribution in [2.24, 2.45) is 0 Å². The Morgan fingerprint density at radius 2 is 1.20 bits per heavy atom. The van der Waals surface area contributed by atoms with Gasteiger partial charge < -0.3 is 14.4 Å². The number of aryl methyl sites for hydroxylation is 1. The van der Waals surface area contributed by atoms with Gasteiger partial charge in [0.1, 0.15) is 13.2 Å². The first-order chi connectivity index (χ1) is 14.6. The van der Waals surface area contributed by atoms with Gasteiger partial charge in [0.2, 0.25) is 0 Å². The van der Waals surface area contributed by atoms with E-state index in [9.17, 15) is 9.59 Å². The van der Waals surface area contributed by atoms with Crippen molar-refractivity contribution in [3.8, 4) is 0 Å². The molecule has 0 bridgehead atoms. The lowest BCUT2D eigenvalue weighted by Crippen LogP contribution is -2.32. The van der Waals surface area contributed by atoms with Gasteiger partial charge >= 0.3 is 11.9 Å². The predicted molar refractivity (Wildman–Crippen MR) is 117 cm³/mol. The molecular weight excluding hydrogens is 378 g/mol. The van der Waals surface area contributed by atoms with Crippen LogP contribution in [0.25, 0.3) is 0 Å². The number of carbonyl (C=O) groups is 2. The number of hydrogen-bond acceptors (Lipinski definition) is 5. The number of esters is 2. The van der Waals surface area contributed by atoms with Crippen LogP contribution < -0.4 is 4.90 Å². The second-order valence-electron chi connectivity index (χ2n) is 6.83. The second kappa shape index (κ2) is 10.8. The molecular formula is C25H25NO4. The van der Waals surface area contributed by atoms with Crippen LogP contribution >= 0.6 is 0 Å². The second-order valence-corrected chi connectivity index (χ2v) is 6.83. The van der Waals surface area contributed by atoms with Gasteiger partial charge in [-0.25, -0.2) is 9.59 Å². The predicted octanol–water partition coefficient (Wildman–Crippen LogP) is 4.52. The highest BCUT2D eigenvalue weighted by Gasteiger charge is 2.12. The fraction of sp³-hybridized carbons (Fsp3) is 0.200. The van der Waals surface area contributed by atoms with Crippen molar-refractivity contribution < 1.29 is 19.1 Å². The molecule has 3 rings (SSSR count). The van der Waals surface area contributed by atoms with Crippen LogP contribution in [0, 0.1) is 6.92 Å². The molecule has 0 fully saturated rings. The summed E-state index contributed by atoms with van der Waals surface area (Å²) in [6.07, 6.45) is 0. The van der Waals surface area contributed by atoms with Crippen LogP contribution in [0.4, 0.5) is 5.69 Å². The Labute approximate surface area is 176 Å². The Hall–Kier alpha value is -3.60. The van der Waals surface area contributed by atoms with Crippen molar-refractivity contribution in [1.82, 2.24) is 0 Å². The summed E-state index contributed by atoms with van der Waals surface area (Å²) in [4.78, 5) is 26.4. The van der Waals surface area contributed by atoms with Crippen molar-refractivity contribution in [2.45, 2.75) is 6.92 Å². The third-order valence-electron chi connectivity index (χ3n) is 4.57. The molecule has 154 valence electrons. The highest BCUT2D eigenvalue weighted by atomic mass is 16.5. The number of anilines is 1. The molecule has 30 heavy (non-hydrogen) atoms. The summed E-state index contributed by atoms with van der Waals surface area (Å²) in [6, 6.07) is 25.9. The van der Waals surface area contributed by atoms with E-state index in [4.69, 9.17) is 9.47 Å². The summed E-state index contributed by atoms with van der Waals surface area (Å²) >= 11 is 0. The molecule has 5 heteroatoms. The Morgan fingerprint density at radius 3 is 1.67 bits per heavy atom. The fourth-order valence-corrected chi connectivity index (χ4v) is 3.01. The van der Waals surface area contributed by atoms with E-state index in [0.717, 1.165) is 11.3 Å². The van der Waals surface area contributed by atoms with Crippen molar-refractivity contribution in [2.75, 3.05) is 31.2 Å². The zero-order valence-electron chi connectivity index (χ0n) is 17.0. The quantitative estimate of drug-likeness (QED) is 0.492. The zero-order chi connectivity index (χ0) is 21.2. The molecule has 0 N–H and O–H groups in total. The van der Waals surface area contributed by atoms with E-state index < -0.39 is 0 Å². The summed E-state index contributed by atoms with van der Waals surface area (Å²) in [6.45, 7) is 3.46. The number of ether oxygens (including phenoxy) is 2. The van der Waals surface area contributed by atoms with Crippen molar-refractivity contribution in [3.05, 3.63) is 102 Å². The number of benzene rings is 3. The molecule has 3 aromatic rings. The minimum atomic E-state index is -0.352. The van der Waals surface area contributed by atoms with Gasteiger partial charge in [-0.05, 0) is 48.9 Å². The van der Waals surface area contributed by atoms with Gasteiger partial charge in [0.05, 0.1) is 24.2 Å². The number of hydrogen-bond donors (Lipinski definition) is 0. The van der Waals surface area contributed by atoms with E-state index in [-0.39, 0.29) is 25.2 Å². The van der Waals surface area contributed by atoms with Gasteiger partial charge in [-0.1, -0.05) is 48.5 Å². The van der Waals surface area contributed by atoms with Crippen molar-refractivity contribution >= 4 is 17.6 Å². The van der Waals surface area contributed by atoms with Crippen LogP contribution in [0.5, 0.6) is 0 Å². The van der Waals surface area contributed by atoms with E-state index in [1.165, 1.54) is 0 Å². The summed E-state index contributed by atoms with van der Waals surface area (Å²) in [7, 11) is 0. The molecule has 0 atom stereocenters. The van der Waals surface area contributed by atoms with E-state index in [0.29, 0.717) is 24.2 Å². The Morgan fingerprint density at radius 1 is 0.700 bits per heavy atom. The monoisotopic (exact) mass is 403 g/mol. The third-order valence-corrected chi connectivity index (χ3v) is 4.57. The maximum atomic E-state index is 12.2. The van der Waals surface area contributed by atoms with Gasteiger partial charge in [-0.3, -0.25) is 0 Å². The fourth-order valence-electron chi connectivity index (χ4n) is 3.01. The van der Waals surface area contributed by atoms with Gasteiger partial charge in [-0.2, -0.15) is 0 Å². The molecule has 3 aromatic carbocycles. The van der Waals surface area contributed by atoms with Crippen LogP contribution in [0.2, 0.25) is 0 Å². The molecule has 0 radical (unpaired) electrons. The van der Waals surface area contributed by atoms with E-state index in [1.807, 2.05) is 42.2 Å². The molecule has 0 aromatic heterocycles. The standard InChI is InChI=1S/C25H25NO4/c1-20-9-8-14-23(19-20)26(15-17-29-24(27)21-10-4-2-5-11-21)16-18-30-25(28)22-12-6-3-7-13-22/h2-14,19H,15-18H2,1H3. The minimum Gasteiger partial charge on any atom is -0.460 e. The van der Waals surface area contributed by atoms with E-state index >= 15 is 0 Å². The van der Waals surface area contributed by atoms with E-state index in [1.54, 1.807) is 48.5 Å². The molecule has 0 saturated heterocycles. The van der Waals surface area contributed by atoms with Crippen molar-refractivity contribution in [1.29, 1.82) is 0 Å². The first-order valence-electron chi connectivity index (χ1n) is 9.89. The van der Waals surface area contributed by atoms with Gasteiger partial charge in [0.15, 0.2) is 0 Å². The Kier molecular flexibility index (Phi) is 7.61. The van der Waals surface area contributed by atoms with Crippen LogP contribution in [-0.2, 0) is 9.47 Å². The molecule has 0 amide bonds. The molecule has 5 nitrogen and oxygen atoms in total. The lowest BCUT2D eigenvalue weighted by molar-refractivity contribution is 0.0504. The maximum Gasteiger partial charge on any atom is 0.338 e. The first-order valence-corrected chi connectivity index (χ1v) is 9.89. The Bertz CT molecular complexity index is 900. The molecule has 0 unspecified atom stereocenters. The minimum absolute atomic E-state index is 0.230. The van der Waals surface area contributed by atoms with Crippen molar-refractivity contribution in [3.63, 3.8) is 0 Å². The Balaban J connectivity index is 1.56. The smallest absolute Gasteiger partial charge is 0.338 e. The van der Waals surface area contributed by atoms with Crippen LogP contribution in [0.15, 0.2) is 84.9 Å². The van der Waals surface area contributed by atoms with Crippen LogP contribution in [-0.4, -0.2) is 38.2 Å². The normalized spacial score (nSPS) is 10.3. The summed E-state index contributed by atoms with van der Waals surface area (Å²) in [5.74, 6) is -0.703. The lowest BCUT2D eigenvalue weighted by Gasteiger charge is -2.25. The summed E-state index contributed by atoms with van der Waals surface area (Å²) in [5, 5.41) is 0. The maximum absolute atomic E-state index is 12.2. The highest BCUT2D eigenvalue weighted by Crippen LogP contribution is 2.16. The number of carbonyl (C=O) groups excluding carboxylic acids is 2. The molecule has 0 heterocycles.